The molecule has 0 saturated heterocycles. The van der Waals surface area contributed by atoms with Crippen molar-refractivity contribution in [2.45, 2.75) is 38.6 Å². The molecule has 2 aliphatic rings. The number of benzene rings is 1. The maximum Gasteiger partial charge on any atom is 0.223 e. The molecule has 1 aliphatic carbocycles. The average molecular weight is 392 g/mol. The molecule has 1 aliphatic heterocycles. The molecule has 1 amide bonds. The summed E-state index contributed by atoms with van der Waals surface area (Å²) in [5, 5.41) is 7.19. The summed E-state index contributed by atoms with van der Waals surface area (Å²) in [6, 6.07) is 4.05. The van der Waals surface area contributed by atoms with Crippen molar-refractivity contribution in [2.75, 3.05) is 33.9 Å². The van der Waals surface area contributed by atoms with Gasteiger partial charge in [-0.15, -0.1) is 0 Å². The number of carbonyl (C=O) groups excluding carboxylic acids is 1. The minimum Gasteiger partial charge on any atom is -0.493 e. The van der Waals surface area contributed by atoms with Gasteiger partial charge in [-0.25, -0.2) is 0 Å². The van der Waals surface area contributed by atoms with Crippen LogP contribution >= 0.6 is 12.2 Å². The molecule has 0 bridgehead atoms. The van der Waals surface area contributed by atoms with Crippen LogP contribution in [0.4, 0.5) is 0 Å². The van der Waals surface area contributed by atoms with Gasteiger partial charge in [-0.1, -0.05) is 6.92 Å². The molecule has 1 aromatic rings. The number of hydrogen-bond donors (Lipinski definition) is 2. The van der Waals surface area contributed by atoms with Crippen LogP contribution in [0.2, 0.25) is 0 Å². The van der Waals surface area contributed by atoms with Crippen LogP contribution in [-0.2, 0) is 11.2 Å². The van der Waals surface area contributed by atoms with Crippen LogP contribution in [0, 0.1) is 5.92 Å². The molecule has 1 atom stereocenters. The van der Waals surface area contributed by atoms with Gasteiger partial charge in [-0.2, -0.15) is 0 Å². The number of hydrogen-bond acceptors (Lipinski definition) is 4. The highest BCUT2D eigenvalue weighted by molar-refractivity contribution is 7.80. The Morgan fingerprint density at radius 3 is 2.56 bits per heavy atom. The number of nitrogens with zero attached hydrogens (tertiary/aromatic N) is 1. The fraction of sp³-hybridized carbons (Fsp3) is 0.600. The molecule has 1 unspecified atom stereocenters. The molecule has 1 saturated carbocycles. The van der Waals surface area contributed by atoms with Crippen LogP contribution in [0.25, 0.3) is 0 Å². The third-order valence-electron chi connectivity index (χ3n) is 5.21. The zero-order valence-corrected chi connectivity index (χ0v) is 17.2. The lowest BCUT2D eigenvalue weighted by molar-refractivity contribution is -0.122. The molecule has 0 radical (unpaired) electrons. The Labute approximate surface area is 166 Å². The van der Waals surface area contributed by atoms with E-state index < -0.39 is 0 Å². The summed E-state index contributed by atoms with van der Waals surface area (Å²) in [6.07, 6.45) is 3.88. The second kappa shape index (κ2) is 8.78. The fourth-order valence-corrected chi connectivity index (χ4v) is 3.83. The molecule has 7 heteroatoms. The summed E-state index contributed by atoms with van der Waals surface area (Å²) < 4.78 is 11.0. The first-order valence-electron chi connectivity index (χ1n) is 9.66. The van der Waals surface area contributed by atoms with Crippen molar-refractivity contribution in [3.63, 3.8) is 0 Å². The first-order valence-corrected chi connectivity index (χ1v) is 10.1. The van der Waals surface area contributed by atoms with Gasteiger partial charge in [-0.3, -0.25) is 4.79 Å². The lowest BCUT2D eigenvalue weighted by Gasteiger charge is -2.39. The van der Waals surface area contributed by atoms with E-state index in [2.05, 4.69) is 22.5 Å². The third-order valence-corrected chi connectivity index (χ3v) is 5.59. The van der Waals surface area contributed by atoms with Crippen LogP contribution in [-0.4, -0.2) is 49.8 Å². The maximum atomic E-state index is 12.2. The first-order chi connectivity index (χ1) is 13.1. The Morgan fingerprint density at radius 2 is 1.93 bits per heavy atom. The van der Waals surface area contributed by atoms with Gasteiger partial charge in [0.1, 0.15) is 0 Å². The molecule has 1 heterocycles. The fourth-order valence-electron chi connectivity index (χ4n) is 3.51. The van der Waals surface area contributed by atoms with Crippen LogP contribution in [0.1, 0.15) is 43.4 Å². The number of nitrogens with one attached hydrogen (secondary N) is 2. The lowest BCUT2D eigenvalue weighted by Crippen LogP contribution is -2.49. The van der Waals surface area contributed by atoms with Crippen molar-refractivity contribution >= 4 is 23.2 Å². The van der Waals surface area contributed by atoms with Gasteiger partial charge in [0.05, 0.1) is 20.3 Å². The number of rotatable bonds is 7. The molecular weight excluding hydrogens is 362 g/mol. The van der Waals surface area contributed by atoms with E-state index in [1.54, 1.807) is 14.2 Å². The molecule has 27 heavy (non-hydrogen) atoms. The minimum absolute atomic E-state index is 0.0203. The summed E-state index contributed by atoms with van der Waals surface area (Å²) in [4.78, 5) is 14.4. The van der Waals surface area contributed by atoms with E-state index in [0.29, 0.717) is 12.3 Å². The molecule has 6 nitrogen and oxygen atoms in total. The topological polar surface area (TPSA) is 62.8 Å². The maximum absolute atomic E-state index is 12.2. The second-order valence-corrected chi connectivity index (χ2v) is 7.50. The minimum atomic E-state index is -0.0203. The summed E-state index contributed by atoms with van der Waals surface area (Å²) in [7, 11) is 3.29. The zero-order chi connectivity index (χ0) is 19.4. The van der Waals surface area contributed by atoms with Gasteiger partial charge in [0.25, 0.3) is 0 Å². The summed E-state index contributed by atoms with van der Waals surface area (Å²) in [5.41, 5.74) is 2.35. The highest BCUT2D eigenvalue weighted by Crippen LogP contribution is 2.38. The van der Waals surface area contributed by atoms with E-state index in [1.807, 2.05) is 12.1 Å². The van der Waals surface area contributed by atoms with Gasteiger partial charge in [0, 0.05) is 25.6 Å². The smallest absolute Gasteiger partial charge is 0.223 e. The van der Waals surface area contributed by atoms with Crippen molar-refractivity contribution in [3.8, 4) is 11.5 Å². The van der Waals surface area contributed by atoms with Crippen molar-refractivity contribution in [3.05, 3.63) is 23.3 Å². The predicted molar refractivity (Wildman–Crippen MR) is 109 cm³/mol. The average Bonchev–Trinajstić information content (AvgIpc) is 3.53. The van der Waals surface area contributed by atoms with E-state index in [-0.39, 0.29) is 17.9 Å². The van der Waals surface area contributed by atoms with Gasteiger partial charge < -0.3 is 25.0 Å². The van der Waals surface area contributed by atoms with E-state index in [4.69, 9.17) is 21.7 Å². The molecule has 148 valence electrons. The largest absolute Gasteiger partial charge is 0.493 e. The van der Waals surface area contributed by atoms with Gasteiger partial charge in [0.2, 0.25) is 5.91 Å². The zero-order valence-electron chi connectivity index (χ0n) is 16.3. The molecular formula is C20H29N3O3S. The van der Waals surface area contributed by atoms with Crippen molar-refractivity contribution < 1.29 is 14.3 Å². The molecule has 0 spiro atoms. The summed E-state index contributed by atoms with van der Waals surface area (Å²) >= 11 is 5.65. The van der Waals surface area contributed by atoms with Crippen LogP contribution in [0.3, 0.4) is 0 Å². The molecule has 2 N–H and O–H groups in total. The highest BCUT2D eigenvalue weighted by Gasteiger charge is 2.33. The predicted octanol–water partition coefficient (Wildman–Crippen LogP) is 2.41. The van der Waals surface area contributed by atoms with Gasteiger partial charge in [-0.05, 0) is 61.2 Å². The molecule has 1 fully saturated rings. The van der Waals surface area contributed by atoms with Crippen LogP contribution in [0.15, 0.2) is 12.1 Å². The first kappa shape index (κ1) is 19.7. The van der Waals surface area contributed by atoms with Crippen molar-refractivity contribution in [1.29, 1.82) is 0 Å². The Morgan fingerprint density at radius 1 is 1.22 bits per heavy atom. The van der Waals surface area contributed by atoms with Crippen molar-refractivity contribution in [2.24, 2.45) is 5.92 Å². The van der Waals surface area contributed by atoms with Gasteiger partial charge >= 0.3 is 0 Å². The number of fused-ring (bicyclic) bond motifs is 1. The number of carbonyl (C=O) groups is 1. The van der Waals surface area contributed by atoms with E-state index in [9.17, 15) is 4.79 Å². The van der Waals surface area contributed by atoms with E-state index >= 15 is 0 Å². The Hall–Kier alpha value is -2.02. The SMILES string of the molecule is CCCNC(=S)N1CCc2cc(OC)c(OC)cc2C1CNC(=O)C1CC1. The molecule has 0 aromatic heterocycles. The monoisotopic (exact) mass is 391 g/mol. The standard InChI is InChI=1S/C20H29N3O3S/c1-4-8-21-20(27)23-9-7-14-10-17(25-2)18(26-3)11-15(14)16(23)12-22-19(24)13-5-6-13/h10-11,13,16H,4-9,12H2,1-3H3,(H,21,27)(H,22,24). The summed E-state index contributed by atoms with van der Waals surface area (Å²) in [5.74, 6) is 1.77. The van der Waals surface area contributed by atoms with Crippen molar-refractivity contribution in [1.82, 2.24) is 15.5 Å². The number of amides is 1. The highest BCUT2D eigenvalue weighted by atomic mass is 32.1. The van der Waals surface area contributed by atoms with Gasteiger partial charge in [0.15, 0.2) is 16.6 Å². The number of thiocarbonyl (C=S) groups is 1. The van der Waals surface area contributed by atoms with Crippen LogP contribution < -0.4 is 20.1 Å². The quantitative estimate of drug-likeness (QED) is 0.696. The second-order valence-electron chi connectivity index (χ2n) is 7.12. The lowest BCUT2D eigenvalue weighted by atomic mass is 9.92. The number of ether oxygens (including phenoxy) is 2. The normalized spacial score (nSPS) is 18.5. The Bertz CT molecular complexity index is 706. The Kier molecular flexibility index (Phi) is 6.42. The third kappa shape index (κ3) is 4.46. The molecule has 3 rings (SSSR count). The molecule has 1 aromatic carbocycles. The van der Waals surface area contributed by atoms with E-state index in [1.165, 1.54) is 5.56 Å². The number of methoxy groups -OCH3 is 2. The van der Waals surface area contributed by atoms with E-state index in [0.717, 1.165) is 55.2 Å². The summed E-state index contributed by atoms with van der Waals surface area (Å²) in [6.45, 7) is 4.30. The van der Waals surface area contributed by atoms with Crippen LogP contribution in [0.5, 0.6) is 11.5 Å². The Balaban J connectivity index is 1.87.